The van der Waals surface area contributed by atoms with Crippen LogP contribution in [0.3, 0.4) is 0 Å². The zero-order valence-corrected chi connectivity index (χ0v) is 16.3. The van der Waals surface area contributed by atoms with Crippen molar-refractivity contribution < 1.29 is 19.6 Å². The molecule has 144 valence electrons. The predicted octanol–water partition coefficient (Wildman–Crippen LogP) is 4.86. The van der Waals surface area contributed by atoms with Gasteiger partial charge in [-0.2, -0.15) is 0 Å². The van der Waals surface area contributed by atoms with Crippen molar-refractivity contribution in [2.45, 2.75) is 34.1 Å². The molecule has 0 bridgehead atoms. The number of non-ortho nitro benzene ring substituents is 1. The van der Waals surface area contributed by atoms with Crippen LogP contribution in [0.2, 0.25) is 0 Å². The molecule has 6 heteroatoms. The zero-order chi connectivity index (χ0) is 20.6. The van der Waals surface area contributed by atoms with Crippen molar-refractivity contribution in [3.05, 3.63) is 68.8 Å². The van der Waals surface area contributed by atoms with Crippen LogP contribution in [0.25, 0.3) is 5.57 Å². The Balaban J connectivity index is 0.00000176. The summed E-state index contributed by atoms with van der Waals surface area (Å²) in [5.74, 6) is 0.568. The molecule has 0 saturated heterocycles. The third-order valence-corrected chi connectivity index (χ3v) is 4.06. The van der Waals surface area contributed by atoms with Crippen LogP contribution >= 0.6 is 0 Å². The third kappa shape index (κ3) is 5.41. The molecule has 2 aromatic carbocycles. The number of carbonyl (C=O) groups is 1. The maximum absolute atomic E-state index is 11.6. The number of benzene rings is 2. The number of allylic oxidation sites excluding steroid dienone is 2. The summed E-state index contributed by atoms with van der Waals surface area (Å²) in [4.78, 5) is 22.0. The molecule has 2 rings (SSSR count). The van der Waals surface area contributed by atoms with E-state index < -0.39 is 4.92 Å². The van der Waals surface area contributed by atoms with Crippen LogP contribution in [0, 0.1) is 17.0 Å². The molecular weight excluding hydrogens is 346 g/mol. The highest BCUT2D eigenvalue weighted by atomic mass is 16.6. The van der Waals surface area contributed by atoms with Crippen molar-refractivity contribution in [2.24, 2.45) is 0 Å². The molecule has 0 spiro atoms. The molecule has 0 heterocycles. The quantitative estimate of drug-likeness (QED) is 0.339. The second-order valence-electron chi connectivity index (χ2n) is 5.71. The van der Waals surface area contributed by atoms with Gasteiger partial charge in [0.05, 0.1) is 12.0 Å². The number of aldehydes is 1. The van der Waals surface area contributed by atoms with Crippen molar-refractivity contribution >= 4 is 17.5 Å². The lowest BCUT2D eigenvalue weighted by molar-refractivity contribution is -0.384. The van der Waals surface area contributed by atoms with Gasteiger partial charge in [-0.05, 0) is 42.2 Å². The number of ether oxygens (including phenoxy) is 1. The van der Waals surface area contributed by atoms with Gasteiger partial charge in [0.25, 0.3) is 5.69 Å². The minimum atomic E-state index is -0.465. The highest BCUT2D eigenvalue weighted by Crippen LogP contribution is 2.34. The fourth-order valence-corrected chi connectivity index (χ4v) is 2.57. The first kappa shape index (κ1) is 21.9. The number of hydrogen-bond donors (Lipinski definition) is 1. The molecule has 1 N–H and O–H groups in total. The summed E-state index contributed by atoms with van der Waals surface area (Å²) >= 11 is 0. The SMILES string of the molecule is CC.COc1cc(O)c(C)cc1/C(C)=C(\C=O)Cc1cccc([N+](=O)[O-])c1. The van der Waals surface area contributed by atoms with Crippen molar-refractivity contribution in [3.63, 3.8) is 0 Å². The summed E-state index contributed by atoms with van der Waals surface area (Å²) in [7, 11) is 1.49. The first-order valence-corrected chi connectivity index (χ1v) is 8.63. The Morgan fingerprint density at radius 2 is 1.93 bits per heavy atom. The van der Waals surface area contributed by atoms with Crippen LogP contribution < -0.4 is 4.74 Å². The van der Waals surface area contributed by atoms with Crippen LogP contribution in [0.4, 0.5) is 5.69 Å². The number of methoxy groups -OCH3 is 1. The van der Waals surface area contributed by atoms with Crippen LogP contribution in [0.15, 0.2) is 42.0 Å². The van der Waals surface area contributed by atoms with Gasteiger partial charge in [-0.25, -0.2) is 0 Å². The summed E-state index contributed by atoms with van der Waals surface area (Å²) in [6.45, 7) is 7.54. The van der Waals surface area contributed by atoms with Gasteiger partial charge in [0.1, 0.15) is 17.8 Å². The van der Waals surface area contributed by atoms with Gasteiger partial charge in [0.2, 0.25) is 0 Å². The molecule has 6 nitrogen and oxygen atoms in total. The summed E-state index contributed by atoms with van der Waals surface area (Å²) in [6.07, 6.45) is 1.01. The maximum atomic E-state index is 11.6. The number of aromatic hydroxyl groups is 1. The zero-order valence-electron chi connectivity index (χ0n) is 16.3. The molecule has 0 atom stereocenters. The lowest BCUT2D eigenvalue weighted by Gasteiger charge is -2.14. The second-order valence-corrected chi connectivity index (χ2v) is 5.71. The van der Waals surface area contributed by atoms with E-state index in [1.54, 1.807) is 32.0 Å². The number of nitro benzene ring substituents is 1. The highest BCUT2D eigenvalue weighted by Gasteiger charge is 2.14. The van der Waals surface area contributed by atoms with Gasteiger partial charge < -0.3 is 9.84 Å². The molecule has 0 saturated carbocycles. The summed E-state index contributed by atoms with van der Waals surface area (Å²) in [5, 5.41) is 20.7. The number of hydrogen-bond acceptors (Lipinski definition) is 5. The van der Waals surface area contributed by atoms with E-state index in [1.165, 1.54) is 25.3 Å². The lowest BCUT2D eigenvalue weighted by Crippen LogP contribution is -1.99. The standard InChI is InChI=1S/C19H19NO5.C2H6/c1-12-7-17(19(25-3)10-18(12)22)13(2)15(11-21)8-14-5-4-6-16(9-14)20(23)24;1-2/h4-7,9-11,22H,8H2,1-3H3;1-2H3/b15-13-;. The largest absolute Gasteiger partial charge is 0.508 e. The van der Waals surface area contributed by atoms with Crippen molar-refractivity contribution in [2.75, 3.05) is 7.11 Å². The average Bonchev–Trinajstić information content (AvgIpc) is 2.69. The van der Waals surface area contributed by atoms with E-state index in [1.807, 2.05) is 13.8 Å². The number of aryl methyl sites for hydroxylation is 1. The summed E-state index contributed by atoms with van der Waals surface area (Å²) < 4.78 is 5.30. The number of nitrogens with zero attached hydrogens (tertiary/aromatic N) is 1. The molecule has 0 aliphatic rings. The second kappa shape index (κ2) is 10.1. The minimum Gasteiger partial charge on any atom is -0.508 e. The maximum Gasteiger partial charge on any atom is 0.269 e. The van der Waals surface area contributed by atoms with E-state index in [0.29, 0.717) is 33.6 Å². The lowest BCUT2D eigenvalue weighted by atomic mass is 9.95. The molecule has 0 fully saturated rings. The van der Waals surface area contributed by atoms with E-state index in [4.69, 9.17) is 4.74 Å². The van der Waals surface area contributed by atoms with Gasteiger partial charge >= 0.3 is 0 Å². The fraction of sp³-hybridized carbons (Fsp3) is 0.286. The summed E-state index contributed by atoms with van der Waals surface area (Å²) in [6, 6.07) is 9.45. The molecule has 27 heavy (non-hydrogen) atoms. The first-order valence-electron chi connectivity index (χ1n) is 8.63. The van der Waals surface area contributed by atoms with Crippen molar-refractivity contribution in [1.29, 1.82) is 0 Å². The number of phenols is 1. The number of rotatable bonds is 6. The minimum absolute atomic E-state index is 0.0153. The number of phenolic OH excluding ortho intramolecular Hbond substituents is 1. The van der Waals surface area contributed by atoms with Gasteiger partial charge in [-0.1, -0.05) is 26.0 Å². The van der Waals surface area contributed by atoms with E-state index in [9.17, 15) is 20.0 Å². The Bertz CT molecular complexity index is 856. The summed E-state index contributed by atoms with van der Waals surface area (Å²) in [5.41, 5.74) is 3.20. The molecule has 0 aliphatic heterocycles. The van der Waals surface area contributed by atoms with Gasteiger partial charge in [0.15, 0.2) is 0 Å². The molecule has 0 unspecified atom stereocenters. The van der Waals surface area contributed by atoms with Crippen molar-refractivity contribution in [3.8, 4) is 11.5 Å². The Morgan fingerprint density at radius 3 is 2.48 bits per heavy atom. The van der Waals surface area contributed by atoms with Crippen molar-refractivity contribution in [1.82, 2.24) is 0 Å². The number of nitro groups is 1. The average molecular weight is 371 g/mol. The topological polar surface area (TPSA) is 89.7 Å². The Hall–Kier alpha value is -3.15. The Kier molecular flexibility index (Phi) is 8.20. The molecule has 0 amide bonds. The van der Waals surface area contributed by atoms with Gasteiger partial charge in [0, 0.05) is 30.2 Å². The predicted molar refractivity (Wildman–Crippen MR) is 106 cm³/mol. The van der Waals surface area contributed by atoms with Crippen LogP contribution in [-0.2, 0) is 11.2 Å². The van der Waals surface area contributed by atoms with Crippen LogP contribution in [-0.4, -0.2) is 23.4 Å². The van der Waals surface area contributed by atoms with Crippen LogP contribution in [0.1, 0.15) is 37.5 Å². The van der Waals surface area contributed by atoms with Crippen LogP contribution in [0.5, 0.6) is 11.5 Å². The van der Waals surface area contributed by atoms with E-state index in [-0.39, 0.29) is 17.9 Å². The Morgan fingerprint density at radius 1 is 1.26 bits per heavy atom. The number of carbonyl (C=O) groups excluding carboxylic acids is 1. The molecular formula is C21H25NO5. The molecule has 0 aliphatic carbocycles. The van der Waals surface area contributed by atoms with E-state index >= 15 is 0 Å². The molecule has 0 aromatic heterocycles. The van der Waals surface area contributed by atoms with E-state index in [0.717, 1.165) is 6.29 Å². The monoisotopic (exact) mass is 371 g/mol. The Labute approximate surface area is 159 Å². The highest BCUT2D eigenvalue weighted by molar-refractivity contribution is 5.89. The molecule has 2 aromatic rings. The third-order valence-electron chi connectivity index (χ3n) is 4.06. The van der Waals surface area contributed by atoms with E-state index in [2.05, 4.69) is 0 Å². The first-order chi connectivity index (χ1) is 12.9. The fourth-order valence-electron chi connectivity index (χ4n) is 2.57. The molecule has 0 radical (unpaired) electrons. The smallest absolute Gasteiger partial charge is 0.269 e. The van der Waals surface area contributed by atoms with Gasteiger partial charge in [-0.3, -0.25) is 14.9 Å². The van der Waals surface area contributed by atoms with Gasteiger partial charge in [-0.15, -0.1) is 0 Å². The normalized spacial score (nSPS) is 11.0.